The molecule has 0 saturated carbocycles. The molecule has 6 rings (SSSR count). The maximum Gasteiger partial charge on any atom is 0.301 e. The molecule has 9 heteroatoms. The molecule has 4 aromatic rings. The van der Waals surface area contributed by atoms with Gasteiger partial charge < -0.3 is 14.6 Å². The van der Waals surface area contributed by atoms with Crippen LogP contribution in [0.5, 0.6) is 11.5 Å². The van der Waals surface area contributed by atoms with Crippen LogP contribution in [0.4, 0.5) is 5.13 Å². The molecule has 2 unspecified atom stereocenters. The Kier molecular flexibility index (Phi) is 7.21. The zero-order valence-corrected chi connectivity index (χ0v) is 24.5. The van der Waals surface area contributed by atoms with E-state index in [0.717, 1.165) is 22.4 Å². The minimum Gasteiger partial charge on any atom is -0.507 e. The Hall–Kier alpha value is -3.88. The molecular formula is C32H29ClN2O5S. The number of aliphatic hydroxyl groups excluding tert-OH is 1. The molecule has 3 heterocycles. The SMILES string of the molecule is CC(C)CCOc1cccc(C2/C(=C(/O)c3ccc4c(c3)CC(C)O4)C(=O)C(=O)N2c2nc3ccc(Cl)cc3s2)c1. The highest BCUT2D eigenvalue weighted by Crippen LogP contribution is 2.45. The fourth-order valence-corrected chi connectivity index (χ4v) is 6.51. The van der Waals surface area contributed by atoms with Gasteiger partial charge in [0.25, 0.3) is 5.78 Å². The van der Waals surface area contributed by atoms with Gasteiger partial charge in [0.2, 0.25) is 0 Å². The van der Waals surface area contributed by atoms with Gasteiger partial charge in [-0.05, 0) is 78.9 Å². The van der Waals surface area contributed by atoms with Crippen LogP contribution in [0, 0.1) is 5.92 Å². The predicted molar refractivity (Wildman–Crippen MR) is 161 cm³/mol. The Labute approximate surface area is 247 Å². The molecule has 7 nitrogen and oxygen atoms in total. The van der Waals surface area contributed by atoms with Crippen molar-refractivity contribution < 1.29 is 24.2 Å². The third kappa shape index (κ3) is 5.18. The Bertz CT molecular complexity index is 1710. The van der Waals surface area contributed by atoms with Gasteiger partial charge in [0.1, 0.15) is 23.4 Å². The Morgan fingerprint density at radius 2 is 2.00 bits per heavy atom. The van der Waals surface area contributed by atoms with Crippen LogP contribution >= 0.6 is 22.9 Å². The first kappa shape index (κ1) is 27.3. The number of nitrogens with zero attached hydrogens (tertiary/aromatic N) is 2. The molecule has 1 saturated heterocycles. The third-order valence-corrected chi connectivity index (χ3v) is 8.55. The summed E-state index contributed by atoms with van der Waals surface area (Å²) in [5.74, 6) is 0.0814. The smallest absolute Gasteiger partial charge is 0.301 e. The molecule has 0 aliphatic carbocycles. The monoisotopic (exact) mass is 588 g/mol. The number of thiazole rings is 1. The Morgan fingerprint density at radius 1 is 1.17 bits per heavy atom. The number of benzene rings is 3. The van der Waals surface area contributed by atoms with E-state index in [-0.39, 0.29) is 17.4 Å². The van der Waals surface area contributed by atoms with Crippen LogP contribution in [0.1, 0.15) is 49.9 Å². The molecule has 3 aromatic carbocycles. The second kappa shape index (κ2) is 10.8. The van der Waals surface area contributed by atoms with E-state index in [1.165, 1.54) is 16.2 Å². The number of rotatable bonds is 7. The summed E-state index contributed by atoms with van der Waals surface area (Å²) in [6.07, 6.45) is 1.61. The summed E-state index contributed by atoms with van der Waals surface area (Å²) < 4.78 is 12.6. The van der Waals surface area contributed by atoms with E-state index in [0.29, 0.717) is 51.5 Å². The molecule has 2 aliphatic heterocycles. The fourth-order valence-electron chi connectivity index (χ4n) is 5.25. The fraction of sp³-hybridized carbons (Fsp3) is 0.281. The molecule has 0 radical (unpaired) electrons. The van der Waals surface area contributed by atoms with E-state index in [9.17, 15) is 14.7 Å². The number of hydrogen-bond donors (Lipinski definition) is 1. The Balaban J connectivity index is 1.48. The molecule has 41 heavy (non-hydrogen) atoms. The average molecular weight is 589 g/mol. The van der Waals surface area contributed by atoms with E-state index in [4.69, 9.17) is 21.1 Å². The van der Waals surface area contributed by atoms with Crippen molar-refractivity contribution in [2.24, 2.45) is 5.92 Å². The van der Waals surface area contributed by atoms with Gasteiger partial charge in [-0.15, -0.1) is 0 Å². The number of fused-ring (bicyclic) bond motifs is 2. The van der Waals surface area contributed by atoms with Gasteiger partial charge in [0.15, 0.2) is 5.13 Å². The lowest BCUT2D eigenvalue weighted by molar-refractivity contribution is -0.132. The molecule has 1 amide bonds. The molecule has 210 valence electrons. The number of amides is 1. The standard InChI is InChI=1S/C32H29ClN2O5S/c1-17(2)11-12-39-23-6-4-5-19(15-23)28-27(29(36)20-7-10-25-21(14-20)13-18(3)40-25)30(37)31(38)35(28)32-34-24-9-8-22(33)16-26(24)41-32/h4-10,14-18,28,36H,11-13H2,1-3H3/b29-27-. The van der Waals surface area contributed by atoms with Crippen molar-refractivity contribution in [1.29, 1.82) is 0 Å². The van der Waals surface area contributed by atoms with Crippen LogP contribution < -0.4 is 14.4 Å². The van der Waals surface area contributed by atoms with Crippen molar-refractivity contribution in [3.05, 3.63) is 87.9 Å². The number of ether oxygens (including phenoxy) is 2. The van der Waals surface area contributed by atoms with Gasteiger partial charge in [0, 0.05) is 17.0 Å². The highest BCUT2D eigenvalue weighted by atomic mass is 35.5. The van der Waals surface area contributed by atoms with Gasteiger partial charge in [0.05, 0.1) is 28.4 Å². The second-order valence-electron chi connectivity index (χ2n) is 10.8. The highest BCUT2D eigenvalue weighted by molar-refractivity contribution is 7.22. The van der Waals surface area contributed by atoms with E-state index in [2.05, 4.69) is 18.8 Å². The normalized spacial score (nSPS) is 19.7. The van der Waals surface area contributed by atoms with Crippen LogP contribution in [0.3, 0.4) is 0 Å². The number of ketones is 1. The summed E-state index contributed by atoms with van der Waals surface area (Å²) in [6, 6.07) is 17.0. The van der Waals surface area contributed by atoms with Crippen LogP contribution in [0.25, 0.3) is 16.0 Å². The van der Waals surface area contributed by atoms with Crippen LogP contribution in [-0.2, 0) is 16.0 Å². The molecule has 0 spiro atoms. The van der Waals surface area contributed by atoms with Crippen molar-refractivity contribution in [1.82, 2.24) is 4.98 Å². The second-order valence-corrected chi connectivity index (χ2v) is 12.3. The number of carbonyl (C=O) groups excluding carboxylic acids is 2. The summed E-state index contributed by atoms with van der Waals surface area (Å²) in [7, 11) is 0. The van der Waals surface area contributed by atoms with E-state index < -0.39 is 17.7 Å². The van der Waals surface area contributed by atoms with Gasteiger partial charge in [-0.2, -0.15) is 0 Å². The van der Waals surface area contributed by atoms with Crippen molar-refractivity contribution in [3.63, 3.8) is 0 Å². The minimum atomic E-state index is -0.914. The first-order chi connectivity index (χ1) is 19.7. The number of anilines is 1. The van der Waals surface area contributed by atoms with Gasteiger partial charge in [-0.3, -0.25) is 14.5 Å². The van der Waals surface area contributed by atoms with Gasteiger partial charge in [-0.1, -0.05) is 48.9 Å². The van der Waals surface area contributed by atoms with Crippen LogP contribution in [0.2, 0.25) is 5.02 Å². The number of halogens is 1. The molecule has 2 atom stereocenters. The molecule has 1 aromatic heterocycles. The summed E-state index contributed by atoms with van der Waals surface area (Å²) in [4.78, 5) is 33.4. The summed E-state index contributed by atoms with van der Waals surface area (Å²) in [6.45, 7) is 6.77. The van der Waals surface area contributed by atoms with Crippen molar-refractivity contribution in [2.75, 3.05) is 11.5 Å². The zero-order valence-electron chi connectivity index (χ0n) is 22.9. The molecule has 1 N–H and O–H groups in total. The van der Waals surface area contributed by atoms with E-state index in [1.54, 1.807) is 30.3 Å². The average Bonchev–Trinajstić information content (AvgIpc) is 3.60. The quantitative estimate of drug-likeness (QED) is 0.138. The summed E-state index contributed by atoms with van der Waals surface area (Å²) in [5.41, 5.74) is 2.68. The summed E-state index contributed by atoms with van der Waals surface area (Å²) >= 11 is 7.47. The van der Waals surface area contributed by atoms with Crippen molar-refractivity contribution >= 4 is 55.7 Å². The first-order valence-corrected chi connectivity index (χ1v) is 14.8. The van der Waals surface area contributed by atoms with Crippen molar-refractivity contribution in [2.45, 2.75) is 45.8 Å². The van der Waals surface area contributed by atoms with Crippen molar-refractivity contribution in [3.8, 4) is 11.5 Å². The lowest BCUT2D eigenvalue weighted by Crippen LogP contribution is -2.29. The largest absolute Gasteiger partial charge is 0.507 e. The molecule has 0 bridgehead atoms. The topological polar surface area (TPSA) is 89.0 Å². The molecule has 1 fully saturated rings. The zero-order chi connectivity index (χ0) is 28.8. The number of aromatic nitrogens is 1. The van der Waals surface area contributed by atoms with Gasteiger partial charge >= 0.3 is 5.91 Å². The van der Waals surface area contributed by atoms with E-state index in [1.807, 2.05) is 37.3 Å². The number of hydrogen-bond acceptors (Lipinski definition) is 7. The number of Topliss-reactive ketones (excluding diaryl/α,β-unsaturated/α-hetero) is 1. The molecular weight excluding hydrogens is 560 g/mol. The summed E-state index contributed by atoms with van der Waals surface area (Å²) in [5, 5.41) is 12.5. The van der Waals surface area contributed by atoms with E-state index >= 15 is 0 Å². The third-order valence-electron chi connectivity index (χ3n) is 7.30. The van der Waals surface area contributed by atoms with Crippen LogP contribution in [-0.4, -0.2) is 34.5 Å². The minimum absolute atomic E-state index is 0.00136. The maximum atomic E-state index is 13.7. The maximum absolute atomic E-state index is 13.7. The number of carbonyl (C=O) groups is 2. The van der Waals surface area contributed by atoms with Crippen LogP contribution in [0.15, 0.2) is 66.2 Å². The Morgan fingerprint density at radius 3 is 2.80 bits per heavy atom. The lowest BCUT2D eigenvalue weighted by Gasteiger charge is -2.23. The van der Waals surface area contributed by atoms with Gasteiger partial charge in [-0.25, -0.2) is 4.98 Å². The first-order valence-electron chi connectivity index (χ1n) is 13.6. The lowest BCUT2D eigenvalue weighted by atomic mass is 9.94. The highest BCUT2D eigenvalue weighted by Gasteiger charge is 2.48. The predicted octanol–water partition coefficient (Wildman–Crippen LogP) is 7.32. The molecule has 2 aliphatic rings. The number of aliphatic hydroxyl groups is 1.